The molecule has 1 aliphatic heterocycles. The van der Waals surface area contributed by atoms with E-state index in [2.05, 4.69) is 32.6 Å². The monoisotopic (exact) mass is 421 g/mol. The average Bonchev–Trinajstić information content (AvgIpc) is 2.83. The highest BCUT2D eigenvalue weighted by atomic mass is 16.2. The van der Waals surface area contributed by atoms with Gasteiger partial charge < -0.3 is 4.90 Å². The van der Waals surface area contributed by atoms with Crippen LogP contribution in [0.5, 0.6) is 0 Å². The van der Waals surface area contributed by atoms with Gasteiger partial charge in [-0.1, -0.05) is 25.1 Å². The summed E-state index contributed by atoms with van der Waals surface area (Å²) in [6, 6.07) is 13.0. The van der Waals surface area contributed by atoms with Crippen LogP contribution in [-0.2, 0) is 0 Å². The Morgan fingerprint density at radius 1 is 0.871 bits per heavy atom. The van der Waals surface area contributed by atoms with Crippen molar-refractivity contribution in [1.29, 1.82) is 0 Å². The van der Waals surface area contributed by atoms with E-state index in [4.69, 9.17) is 0 Å². The van der Waals surface area contributed by atoms with Crippen molar-refractivity contribution in [2.75, 3.05) is 31.1 Å². The molecule has 2 N–H and O–H groups in total. The molecule has 7 heteroatoms. The smallest absolute Gasteiger partial charge is 0.273 e. The fourth-order valence-corrected chi connectivity index (χ4v) is 4.58. The molecular weight excluding hydrogens is 390 g/mol. The number of pyridine rings is 1. The van der Waals surface area contributed by atoms with Crippen molar-refractivity contribution in [2.45, 2.75) is 38.6 Å². The molecule has 1 saturated heterocycles. The van der Waals surface area contributed by atoms with Crippen molar-refractivity contribution in [3.63, 3.8) is 0 Å². The lowest BCUT2D eigenvalue weighted by Gasteiger charge is -2.42. The van der Waals surface area contributed by atoms with Gasteiger partial charge in [-0.15, -0.1) is 0 Å². The van der Waals surface area contributed by atoms with Gasteiger partial charge in [0.2, 0.25) is 0 Å². The van der Waals surface area contributed by atoms with E-state index in [-0.39, 0.29) is 11.8 Å². The van der Waals surface area contributed by atoms with Crippen LogP contribution in [0.2, 0.25) is 0 Å². The Kier molecular flexibility index (Phi) is 6.82. The molecule has 0 radical (unpaired) electrons. The maximum absolute atomic E-state index is 12.8. The summed E-state index contributed by atoms with van der Waals surface area (Å²) in [5.41, 5.74) is 5.97. The molecule has 2 amide bonds. The van der Waals surface area contributed by atoms with Crippen molar-refractivity contribution in [2.24, 2.45) is 5.92 Å². The van der Waals surface area contributed by atoms with Crippen molar-refractivity contribution < 1.29 is 9.59 Å². The first-order chi connectivity index (χ1) is 15.1. The summed E-state index contributed by atoms with van der Waals surface area (Å²) < 4.78 is 0. The molecule has 0 atom stereocenters. The Balaban J connectivity index is 1.35. The molecule has 4 rings (SSSR count). The van der Waals surface area contributed by atoms with E-state index in [0.29, 0.717) is 23.0 Å². The van der Waals surface area contributed by atoms with Crippen LogP contribution in [0, 0.1) is 5.92 Å². The van der Waals surface area contributed by atoms with E-state index in [1.54, 1.807) is 42.6 Å². The summed E-state index contributed by atoms with van der Waals surface area (Å²) in [6.07, 6.45) is 6.94. The molecule has 1 aromatic carbocycles. The van der Waals surface area contributed by atoms with Gasteiger partial charge in [-0.3, -0.25) is 25.3 Å². The fraction of sp³-hybridized carbons (Fsp3) is 0.458. The first-order valence-corrected chi connectivity index (χ1v) is 11.2. The van der Waals surface area contributed by atoms with Crippen LogP contribution in [0.4, 0.5) is 5.82 Å². The molecule has 0 bridgehead atoms. The fourth-order valence-electron chi connectivity index (χ4n) is 4.58. The number of benzene rings is 1. The zero-order valence-electron chi connectivity index (χ0n) is 18.1. The molecule has 1 saturated carbocycles. The first kappa shape index (κ1) is 21.3. The largest absolute Gasteiger partial charge is 0.353 e. The van der Waals surface area contributed by atoms with Crippen LogP contribution < -0.4 is 15.8 Å². The van der Waals surface area contributed by atoms with Crippen LogP contribution in [0.1, 0.15) is 53.3 Å². The minimum Gasteiger partial charge on any atom is -0.353 e. The number of rotatable bonds is 4. The second-order valence-corrected chi connectivity index (χ2v) is 8.59. The van der Waals surface area contributed by atoms with Gasteiger partial charge in [0.1, 0.15) is 5.82 Å². The predicted molar refractivity (Wildman–Crippen MR) is 121 cm³/mol. The highest BCUT2D eigenvalue weighted by molar-refractivity contribution is 6.01. The van der Waals surface area contributed by atoms with E-state index in [0.717, 1.165) is 32.1 Å². The molecule has 7 nitrogen and oxygen atoms in total. The molecule has 0 spiro atoms. The molecule has 2 heterocycles. The van der Waals surface area contributed by atoms with Gasteiger partial charge in [0.15, 0.2) is 0 Å². The lowest BCUT2D eigenvalue weighted by molar-refractivity contribution is 0.0846. The third-order valence-corrected chi connectivity index (χ3v) is 6.47. The maximum atomic E-state index is 12.8. The molecule has 2 aliphatic rings. The normalized spacial score (nSPS) is 22.0. The van der Waals surface area contributed by atoms with Gasteiger partial charge in [-0.05, 0) is 55.9 Å². The number of hydrogen-bond acceptors (Lipinski definition) is 5. The highest BCUT2D eigenvalue weighted by Gasteiger charge is 2.28. The number of hydrogen-bond donors (Lipinski definition) is 2. The van der Waals surface area contributed by atoms with Crippen LogP contribution in [0.3, 0.4) is 0 Å². The van der Waals surface area contributed by atoms with E-state index in [1.807, 2.05) is 6.07 Å². The number of hydrazine groups is 1. The lowest BCUT2D eigenvalue weighted by atomic mass is 9.86. The molecule has 1 aliphatic carbocycles. The van der Waals surface area contributed by atoms with Crippen LogP contribution in [-0.4, -0.2) is 53.9 Å². The summed E-state index contributed by atoms with van der Waals surface area (Å²) >= 11 is 0. The molecule has 2 aromatic rings. The minimum absolute atomic E-state index is 0.352. The van der Waals surface area contributed by atoms with Crippen LogP contribution in [0.15, 0.2) is 48.7 Å². The Hall–Kier alpha value is -2.93. The van der Waals surface area contributed by atoms with E-state index in [1.165, 1.54) is 25.7 Å². The zero-order chi connectivity index (χ0) is 21.6. The third-order valence-electron chi connectivity index (χ3n) is 6.47. The third kappa shape index (κ3) is 5.22. The molecule has 164 valence electrons. The number of nitrogens with zero attached hydrogens (tertiary/aromatic N) is 3. The Bertz CT molecular complexity index is 888. The van der Waals surface area contributed by atoms with E-state index in [9.17, 15) is 9.59 Å². The van der Waals surface area contributed by atoms with Crippen molar-refractivity contribution in [3.05, 3.63) is 59.8 Å². The van der Waals surface area contributed by atoms with Crippen molar-refractivity contribution in [1.82, 2.24) is 20.7 Å². The number of carbonyl (C=O) groups is 2. The zero-order valence-corrected chi connectivity index (χ0v) is 18.1. The van der Waals surface area contributed by atoms with Gasteiger partial charge in [0.05, 0.1) is 5.56 Å². The van der Waals surface area contributed by atoms with Gasteiger partial charge in [0, 0.05) is 44.0 Å². The quantitative estimate of drug-likeness (QED) is 0.743. The molecule has 0 unspecified atom stereocenters. The lowest BCUT2D eigenvalue weighted by Crippen LogP contribution is -2.52. The van der Waals surface area contributed by atoms with E-state index >= 15 is 0 Å². The van der Waals surface area contributed by atoms with Gasteiger partial charge in [-0.2, -0.15) is 0 Å². The van der Waals surface area contributed by atoms with Crippen molar-refractivity contribution in [3.8, 4) is 0 Å². The summed E-state index contributed by atoms with van der Waals surface area (Å²) in [4.78, 5) is 34.3. The number of aromatic nitrogens is 1. The van der Waals surface area contributed by atoms with Crippen LogP contribution >= 0.6 is 0 Å². The predicted octanol–water partition coefficient (Wildman–Crippen LogP) is 2.86. The number of anilines is 1. The van der Waals surface area contributed by atoms with Crippen LogP contribution in [0.25, 0.3) is 0 Å². The summed E-state index contributed by atoms with van der Waals surface area (Å²) in [7, 11) is 0. The number of amides is 2. The highest BCUT2D eigenvalue weighted by Crippen LogP contribution is 2.28. The minimum atomic E-state index is -0.365. The maximum Gasteiger partial charge on any atom is 0.273 e. The molecular formula is C24H31N5O2. The molecule has 31 heavy (non-hydrogen) atoms. The number of nitrogens with one attached hydrogen (secondary N) is 2. The second kappa shape index (κ2) is 9.92. The second-order valence-electron chi connectivity index (χ2n) is 8.59. The SMILES string of the molecule is CC1CCC(N2CCN(c3ncccc3C(=O)NNC(=O)c3ccccc3)CC2)CC1. The molecule has 2 fully saturated rings. The van der Waals surface area contributed by atoms with Gasteiger partial charge >= 0.3 is 0 Å². The van der Waals surface area contributed by atoms with Gasteiger partial charge in [-0.25, -0.2) is 4.98 Å². The van der Waals surface area contributed by atoms with Crippen molar-refractivity contribution >= 4 is 17.6 Å². The van der Waals surface area contributed by atoms with E-state index < -0.39 is 0 Å². The number of carbonyl (C=O) groups excluding carboxylic acids is 2. The topological polar surface area (TPSA) is 77.6 Å². The molecule has 1 aromatic heterocycles. The Labute approximate surface area is 183 Å². The first-order valence-electron chi connectivity index (χ1n) is 11.2. The summed E-state index contributed by atoms with van der Waals surface area (Å²) in [6.45, 7) is 6.02. The summed E-state index contributed by atoms with van der Waals surface area (Å²) in [5, 5.41) is 0. The van der Waals surface area contributed by atoms with Gasteiger partial charge in [0.25, 0.3) is 11.8 Å². The Morgan fingerprint density at radius 3 is 2.26 bits per heavy atom. The standard InChI is InChI=1S/C24H31N5O2/c1-18-9-11-20(12-10-18)28-14-16-29(17-15-28)22-21(8-5-13-25-22)24(31)27-26-23(30)19-6-3-2-4-7-19/h2-8,13,18,20H,9-12,14-17H2,1H3,(H,26,30)(H,27,31). The summed E-state index contributed by atoms with van der Waals surface area (Å²) in [5.74, 6) is 0.811. The Morgan fingerprint density at radius 2 is 1.55 bits per heavy atom. The average molecular weight is 422 g/mol. The number of piperazine rings is 1.